The molecule has 1 aromatic carbocycles. The molecule has 1 unspecified atom stereocenters. The molecule has 28 heavy (non-hydrogen) atoms. The lowest BCUT2D eigenvalue weighted by Crippen LogP contribution is -2.46. The number of hydrogen-bond acceptors (Lipinski definition) is 6. The second-order valence-electron chi connectivity index (χ2n) is 6.64. The molecule has 7 heteroatoms. The second kappa shape index (κ2) is 7.85. The van der Waals surface area contributed by atoms with Crippen LogP contribution in [0.15, 0.2) is 41.1 Å². The molecule has 5 nitrogen and oxygen atoms in total. The van der Waals surface area contributed by atoms with Crippen LogP contribution in [-0.2, 0) is 11.2 Å². The second-order valence-corrected chi connectivity index (χ2v) is 8.53. The Labute approximate surface area is 171 Å². The van der Waals surface area contributed by atoms with Gasteiger partial charge in [-0.15, -0.1) is 22.7 Å². The molecule has 0 bridgehead atoms. The summed E-state index contributed by atoms with van der Waals surface area (Å²) in [7, 11) is 0. The van der Waals surface area contributed by atoms with Crippen LogP contribution in [0.5, 0.6) is 5.75 Å². The van der Waals surface area contributed by atoms with Crippen molar-refractivity contribution in [2.24, 2.45) is 0 Å². The Hall–Kier alpha value is -2.51. The number of thiophene rings is 1. The van der Waals surface area contributed by atoms with Gasteiger partial charge in [0, 0.05) is 10.9 Å². The predicted octanol–water partition coefficient (Wildman–Crippen LogP) is 4.82. The van der Waals surface area contributed by atoms with E-state index in [1.54, 1.807) is 24.3 Å². The standard InChI is InChI=1S/C21H20N2O3S2/c1-3-5-20-22-15(12-28-20)14-7-8-18-16(10-14)23(21(25)13(2)26-18)11-17(24)19-6-4-9-27-19/h4,6-10,12-13H,3,5,11H2,1-2H3. The normalized spacial score (nSPS) is 16.0. The highest BCUT2D eigenvalue weighted by molar-refractivity contribution is 7.12. The Kier molecular flexibility index (Phi) is 5.28. The summed E-state index contributed by atoms with van der Waals surface area (Å²) in [6.45, 7) is 3.84. The van der Waals surface area contributed by atoms with E-state index in [9.17, 15) is 9.59 Å². The van der Waals surface area contributed by atoms with Crippen molar-refractivity contribution in [2.75, 3.05) is 11.4 Å². The number of carbonyl (C=O) groups is 2. The number of nitrogens with zero attached hydrogens (tertiary/aromatic N) is 2. The van der Waals surface area contributed by atoms with E-state index in [4.69, 9.17) is 4.74 Å². The minimum Gasteiger partial charge on any atom is -0.479 e. The molecular weight excluding hydrogens is 392 g/mol. The van der Waals surface area contributed by atoms with Gasteiger partial charge >= 0.3 is 0 Å². The molecule has 0 aliphatic carbocycles. The van der Waals surface area contributed by atoms with E-state index in [0.717, 1.165) is 29.1 Å². The number of thiazole rings is 1. The zero-order chi connectivity index (χ0) is 19.7. The van der Waals surface area contributed by atoms with Gasteiger partial charge in [-0.25, -0.2) is 4.98 Å². The molecule has 0 saturated heterocycles. The molecule has 1 amide bonds. The fraction of sp³-hybridized carbons (Fsp3) is 0.286. The monoisotopic (exact) mass is 412 g/mol. The molecule has 0 saturated carbocycles. The summed E-state index contributed by atoms with van der Waals surface area (Å²) in [5, 5.41) is 4.99. The highest BCUT2D eigenvalue weighted by atomic mass is 32.1. The van der Waals surface area contributed by atoms with Gasteiger partial charge < -0.3 is 4.74 Å². The molecule has 3 heterocycles. The topological polar surface area (TPSA) is 59.5 Å². The van der Waals surface area contributed by atoms with Gasteiger partial charge in [0.1, 0.15) is 5.75 Å². The van der Waals surface area contributed by atoms with Crippen LogP contribution >= 0.6 is 22.7 Å². The maximum atomic E-state index is 12.8. The molecule has 1 atom stereocenters. The fourth-order valence-electron chi connectivity index (χ4n) is 3.16. The molecule has 3 aromatic rings. The number of Topliss-reactive ketones (excluding diaryl/α,β-unsaturated/α-hetero) is 1. The molecule has 2 aromatic heterocycles. The SMILES string of the molecule is CCCc1nc(-c2ccc3c(c2)N(CC(=O)c2cccs2)C(=O)C(C)O3)cs1. The van der Waals surface area contributed by atoms with Crippen molar-refractivity contribution in [1.29, 1.82) is 0 Å². The van der Waals surface area contributed by atoms with Gasteiger partial charge in [-0.3, -0.25) is 14.5 Å². The first-order valence-corrected chi connectivity index (χ1v) is 11.0. The summed E-state index contributed by atoms with van der Waals surface area (Å²) in [5.41, 5.74) is 2.42. The largest absolute Gasteiger partial charge is 0.479 e. The lowest BCUT2D eigenvalue weighted by atomic mass is 10.1. The highest BCUT2D eigenvalue weighted by Gasteiger charge is 2.33. The molecule has 0 fully saturated rings. The van der Waals surface area contributed by atoms with Crippen LogP contribution in [-0.4, -0.2) is 29.3 Å². The van der Waals surface area contributed by atoms with Crippen molar-refractivity contribution in [2.45, 2.75) is 32.8 Å². The Morgan fingerprint density at radius 3 is 2.89 bits per heavy atom. The lowest BCUT2D eigenvalue weighted by molar-refractivity contribution is -0.125. The molecule has 144 valence electrons. The van der Waals surface area contributed by atoms with Gasteiger partial charge in [-0.1, -0.05) is 13.0 Å². The highest BCUT2D eigenvalue weighted by Crippen LogP contribution is 2.38. The Morgan fingerprint density at radius 2 is 2.14 bits per heavy atom. The Balaban J connectivity index is 1.68. The van der Waals surface area contributed by atoms with Crippen molar-refractivity contribution in [3.63, 3.8) is 0 Å². The maximum Gasteiger partial charge on any atom is 0.268 e. The number of hydrogen-bond donors (Lipinski definition) is 0. The van der Waals surface area contributed by atoms with Crippen LogP contribution in [0, 0.1) is 0 Å². The number of amides is 1. The summed E-state index contributed by atoms with van der Waals surface area (Å²) in [4.78, 5) is 32.3. The van der Waals surface area contributed by atoms with Gasteiger partial charge in [0.15, 0.2) is 11.9 Å². The number of ketones is 1. The van der Waals surface area contributed by atoms with Crippen LogP contribution in [0.1, 0.15) is 34.9 Å². The number of carbonyl (C=O) groups excluding carboxylic acids is 2. The van der Waals surface area contributed by atoms with Crippen LogP contribution in [0.25, 0.3) is 11.3 Å². The summed E-state index contributed by atoms with van der Waals surface area (Å²) in [5.74, 6) is 0.325. The number of fused-ring (bicyclic) bond motifs is 1. The molecule has 0 N–H and O–H groups in total. The van der Waals surface area contributed by atoms with Crippen LogP contribution in [0.2, 0.25) is 0 Å². The third-order valence-corrected chi connectivity index (χ3v) is 6.40. The lowest BCUT2D eigenvalue weighted by Gasteiger charge is -2.32. The maximum absolute atomic E-state index is 12.8. The first-order valence-electron chi connectivity index (χ1n) is 9.20. The summed E-state index contributed by atoms with van der Waals surface area (Å²) in [6, 6.07) is 9.32. The zero-order valence-corrected chi connectivity index (χ0v) is 17.3. The van der Waals surface area contributed by atoms with E-state index in [-0.39, 0.29) is 18.2 Å². The van der Waals surface area contributed by atoms with E-state index >= 15 is 0 Å². The van der Waals surface area contributed by atoms with E-state index < -0.39 is 6.10 Å². The Morgan fingerprint density at radius 1 is 1.29 bits per heavy atom. The van der Waals surface area contributed by atoms with Crippen LogP contribution < -0.4 is 9.64 Å². The van der Waals surface area contributed by atoms with Crippen molar-refractivity contribution in [1.82, 2.24) is 4.98 Å². The third kappa shape index (κ3) is 3.59. The third-order valence-electron chi connectivity index (χ3n) is 4.58. The molecule has 4 rings (SSSR count). The minimum atomic E-state index is -0.620. The minimum absolute atomic E-state index is 0.00164. The van der Waals surface area contributed by atoms with Crippen molar-refractivity contribution < 1.29 is 14.3 Å². The molecule has 0 spiro atoms. The van der Waals surface area contributed by atoms with Crippen molar-refractivity contribution in [3.8, 4) is 17.0 Å². The van der Waals surface area contributed by atoms with Crippen molar-refractivity contribution >= 4 is 40.1 Å². The fourth-order valence-corrected chi connectivity index (χ4v) is 4.73. The predicted molar refractivity (Wildman–Crippen MR) is 113 cm³/mol. The number of rotatable bonds is 6. The van der Waals surface area contributed by atoms with E-state index in [1.807, 2.05) is 35.0 Å². The molecule has 1 aliphatic rings. The van der Waals surface area contributed by atoms with Crippen LogP contribution in [0.3, 0.4) is 0 Å². The summed E-state index contributed by atoms with van der Waals surface area (Å²) < 4.78 is 5.76. The molecule has 0 radical (unpaired) electrons. The van der Waals surface area contributed by atoms with E-state index in [0.29, 0.717) is 16.3 Å². The number of aryl methyl sites for hydroxylation is 1. The van der Waals surface area contributed by atoms with Crippen molar-refractivity contribution in [3.05, 3.63) is 51.0 Å². The average Bonchev–Trinajstić information content (AvgIpc) is 3.37. The zero-order valence-electron chi connectivity index (χ0n) is 15.7. The summed E-state index contributed by atoms with van der Waals surface area (Å²) >= 11 is 3.02. The first-order chi connectivity index (χ1) is 13.6. The van der Waals surface area contributed by atoms with Gasteiger partial charge in [-0.05, 0) is 49.4 Å². The van der Waals surface area contributed by atoms with E-state index in [2.05, 4.69) is 11.9 Å². The van der Waals surface area contributed by atoms with Gasteiger partial charge in [-0.2, -0.15) is 0 Å². The average molecular weight is 413 g/mol. The van der Waals surface area contributed by atoms with E-state index in [1.165, 1.54) is 16.2 Å². The smallest absolute Gasteiger partial charge is 0.268 e. The van der Waals surface area contributed by atoms with Gasteiger partial charge in [0.25, 0.3) is 5.91 Å². The number of ether oxygens (including phenoxy) is 1. The number of anilines is 1. The van der Waals surface area contributed by atoms with Gasteiger partial charge in [0.2, 0.25) is 0 Å². The molecule has 1 aliphatic heterocycles. The quantitative estimate of drug-likeness (QED) is 0.545. The first kappa shape index (κ1) is 18.8. The number of benzene rings is 1. The molecular formula is C21H20N2O3S2. The van der Waals surface area contributed by atoms with Crippen LogP contribution in [0.4, 0.5) is 5.69 Å². The summed E-state index contributed by atoms with van der Waals surface area (Å²) in [6.07, 6.45) is 1.39. The van der Waals surface area contributed by atoms with Gasteiger partial charge in [0.05, 0.1) is 27.8 Å². The number of aromatic nitrogens is 1. The Bertz CT molecular complexity index is 1010.